The van der Waals surface area contributed by atoms with Crippen molar-refractivity contribution < 1.29 is 55.3 Å². The molecule has 0 spiro atoms. The Labute approximate surface area is 329 Å². The molecule has 18 heteroatoms. The van der Waals surface area contributed by atoms with E-state index in [0.717, 1.165) is 4.90 Å². The average molecular weight is 822 g/mol. The fourth-order valence-corrected chi connectivity index (χ4v) is 9.49. The Kier molecular flexibility index (Phi) is 11.5. The zero-order valence-electron chi connectivity index (χ0n) is 32.5. The molecule has 2 aliphatic heterocycles. The summed E-state index contributed by atoms with van der Waals surface area (Å²) in [6.07, 6.45) is -1.19. The quantitative estimate of drug-likeness (QED) is 0.286. The van der Waals surface area contributed by atoms with Gasteiger partial charge >= 0.3 is 12.3 Å². The van der Waals surface area contributed by atoms with Gasteiger partial charge in [-0.2, -0.15) is 13.2 Å². The SMILES string of the molecule is CCOc1ccc2c(O[C@@H]3C[C@H]4C(=O)N[C@]5(C(=O)NS(=O)(=O)C6CC6)C[C@H]5/C=C\CC[C@@H](C)C[C@@H](C)[C@H](N(C(=O)O)C(C)(C)C(F)(F)F)C(=O)N4C3)nccc2c1. The summed E-state index contributed by atoms with van der Waals surface area (Å²) in [4.78, 5) is 61.7. The first-order chi connectivity index (χ1) is 26.7. The number of allylic oxidation sites excluding steroid dienone is 1. The third-order valence-corrected chi connectivity index (χ3v) is 13.5. The number of carbonyl (C=O) groups excluding carboxylic acids is 3. The molecule has 2 aliphatic carbocycles. The van der Waals surface area contributed by atoms with Crippen LogP contribution in [0.2, 0.25) is 0 Å². The van der Waals surface area contributed by atoms with E-state index < -0.39 is 86.4 Å². The van der Waals surface area contributed by atoms with Gasteiger partial charge < -0.3 is 24.8 Å². The molecule has 4 amide bonds. The number of hydrogen-bond acceptors (Lipinski definition) is 9. The van der Waals surface area contributed by atoms with Gasteiger partial charge in [0.2, 0.25) is 27.7 Å². The molecule has 7 atom stereocenters. The van der Waals surface area contributed by atoms with Crippen molar-refractivity contribution in [3.05, 3.63) is 42.6 Å². The molecule has 0 radical (unpaired) electrons. The second-order valence-electron chi connectivity index (χ2n) is 16.3. The number of benzene rings is 1. The predicted molar refractivity (Wildman–Crippen MR) is 202 cm³/mol. The van der Waals surface area contributed by atoms with Gasteiger partial charge in [0.05, 0.1) is 18.4 Å². The van der Waals surface area contributed by atoms with Gasteiger partial charge in [-0.3, -0.25) is 24.0 Å². The summed E-state index contributed by atoms with van der Waals surface area (Å²) in [5.41, 5.74) is -4.72. The smallest absolute Gasteiger partial charge is 0.411 e. The number of fused-ring (bicyclic) bond motifs is 3. The number of carbonyl (C=O) groups is 4. The normalized spacial score (nSPS) is 29.2. The summed E-state index contributed by atoms with van der Waals surface area (Å²) >= 11 is 0. The monoisotopic (exact) mass is 821 g/mol. The molecule has 1 saturated heterocycles. The number of halogens is 3. The van der Waals surface area contributed by atoms with Crippen LogP contribution in [0.3, 0.4) is 0 Å². The van der Waals surface area contributed by atoms with Crippen LogP contribution in [-0.4, -0.2) is 106 Å². The van der Waals surface area contributed by atoms with E-state index >= 15 is 0 Å². The van der Waals surface area contributed by atoms with Crippen LogP contribution in [0.4, 0.5) is 18.0 Å². The highest BCUT2D eigenvalue weighted by atomic mass is 32.2. The summed E-state index contributed by atoms with van der Waals surface area (Å²) in [6.45, 7) is 6.70. The maximum Gasteiger partial charge on any atom is 0.411 e. The predicted octanol–water partition coefficient (Wildman–Crippen LogP) is 5.17. The number of ether oxygens (including phenoxy) is 2. The van der Waals surface area contributed by atoms with E-state index in [-0.39, 0.29) is 42.5 Å². The Balaban J connectivity index is 1.41. The van der Waals surface area contributed by atoms with Crippen LogP contribution in [0.5, 0.6) is 11.6 Å². The van der Waals surface area contributed by atoms with E-state index in [1.54, 1.807) is 36.4 Å². The Morgan fingerprint density at radius 1 is 1.12 bits per heavy atom. The third-order valence-electron chi connectivity index (χ3n) is 11.6. The van der Waals surface area contributed by atoms with Crippen molar-refractivity contribution in [3.63, 3.8) is 0 Å². The average Bonchev–Trinajstić information content (AvgIpc) is 4.05. The lowest BCUT2D eigenvalue weighted by molar-refractivity contribution is -0.222. The number of nitrogens with one attached hydrogen (secondary N) is 2. The molecule has 14 nitrogen and oxygen atoms in total. The molecule has 3 N–H and O–H groups in total. The second-order valence-corrected chi connectivity index (χ2v) is 18.3. The van der Waals surface area contributed by atoms with Crippen LogP contribution in [0, 0.1) is 17.8 Å². The van der Waals surface area contributed by atoms with Crippen LogP contribution >= 0.6 is 0 Å². The number of sulfonamides is 1. The van der Waals surface area contributed by atoms with E-state index in [2.05, 4.69) is 15.0 Å². The highest BCUT2D eigenvalue weighted by molar-refractivity contribution is 7.91. The zero-order chi connectivity index (χ0) is 41.7. The number of pyridine rings is 1. The van der Waals surface area contributed by atoms with Crippen LogP contribution in [-0.2, 0) is 24.4 Å². The van der Waals surface area contributed by atoms with Crippen molar-refractivity contribution in [1.29, 1.82) is 0 Å². The van der Waals surface area contributed by atoms with Crippen molar-refractivity contribution in [1.82, 2.24) is 24.8 Å². The number of amides is 4. The van der Waals surface area contributed by atoms with Gasteiger partial charge in [-0.1, -0.05) is 26.0 Å². The number of alkyl halides is 3. The second kappa shape index (κ2) is 15.6. The molecule has 4 aliphatic rings. The molecule has 1 aromatic heterocycles. The van der Waals surface area contributed by atoms with Crippen LogP contribution in [0.1, 0.15) is 79.6 Å². The Morgan fingerprint density at radius 2 is 1.84 bits per heavy atom. The minimum Gasteiger partial charge on any atom is -0.494 e. The summed E-state index contributed by atoms with van der Waals surface area (Å²) in [5.74, 6) is -3.80. The number of aromatic nitrogens is 1. The third kappa shape index (κ3) is 8.51. The summed E-state index contributed by atoms with van der Waals surface area (Å²) in [7, 11) is -4.02. The maximum absolute atomic E-state index is 14.9. The Bertz CT molecular complexity index is 2040. The first-order valence-corrected chi connectivity index (χ1v) is 20.9. The number of hydrogen-bond donors (Lipinski definition) is 3. The first kappa shape index (κ1) is 42.0. The van der Waals surface area contributed by atoms with Gasteiger partial charge in [0.15, 0.2) is 0 Å². The van der Waals surface area contributed by atoms with Crippen molar-refractivity contribution >= 4 is 44.6 Å². The minimum absolute atomic E-state index is 0.0628. The van der Waals surface area contributed by atoms with Crippen LogP contribution in [0.25, 0.3) is 10.8 Å². The molecule has 3 heterocycles. The minimum atomic E-state index is -5.09. The summed E-state index contributed by atoms with van der Waals surface area (Å²) in [6, 6.07) is 3.63. The molecule has 57 heavy (non-hydrogen) atoms. The fraction of sp³-hybridized carbons (Fsp3) is 0.615. The van der Waals surface area contributed by atoms with Crippen molar-refractivity contribution in [2.24, 2.45) is 17.8 Å². The van der Waals surface area contributed by atoms with Crippen molar-refractivity contribution in [2.75, 3.05) is 13.2 Å². The van der Waals surface area contributed by atoms with Crippen LogP contribution in [0.15, 0.2) is 42.6 Å². The van der Waals surface area contributed by atoms with E-state index in [1.807, 2.05) is 13.8 Å². The lowest BCUT2D eigenvalue weighted by Gasteiger charge is -2.45. The van der Waals surface area contributed by atoms with Crippen molar-refractivity contribution in [2.45, 2.75) is 120 Å². The number of rotatable bonds is 9. The topological polar surface area (TPSA) is 185 Å². The standard InChI is InChI=1S/C39H50F3N5O9S/c1-6-55-26-11-14-29-24(18-26)15-16-43-33(29)56-27-19-30-32(48)44-38(35(50)45-57(53,54)28-12-13-28)20-25(38)10-8-7-9-22(2)17-23(3)31(34(49)46(30)21-27)47(36(51)52)37(4,5)39(40,41)42/h8,10-11,14-16,18,22-23,25,27-28,30-31H,6-7,9,12-13,17,19-21H2,1-5H3,(H,44,48)(H,45,50)(H,51,52)/b10-8-/t22-,23-,25-,27-,30+,31+,38-/m1/s1. The highest BCUT2D eigenvalue weighted by Crippen LogP contribution is 2.47. The Morgan fingerprint density at radius 3 is 2.49 bits per heavy atom. The lowest BCUT2D eigenvalue weighted by atomic mass is 9.85. The van der Waals surface area contributed by atoms with Gasteiger partial charge in [-0.05, 0) is 101 Å². The molecular weight excluding hydrogens is 772 g/mol. The Hall–Kier alpha value is -4.61. The van der Waals surface area contributed by atoms with Gasteiger partial charge in [0.1, 0.15) is 35.0 Å². The lowest BCUT2D eigenvalue weighted by Crippen LogP contribution is -2.66. The molecule has 312 valence electrons. The molecule has 6 rings (SSSR count). The maximum atomic E-state index is 14.9. The molecular formula is C39H50F3N5O9S. The molecule has 0 unspecified atom stereocenters. The molecule has 1 aromatic carbocycles. The molecule has 3 fully saturated rings. The largest absolute Gasteiger partial charge is 0.494 e. The van der Waals surface area contributed by atoms with Gasteiger partial charge in [-0.15, -0.1) is 0 Å². The van der Waals surface area contributed by atoms with Gasteiger partial charge in [0.25, 0.3) is 5.91 Å². The number of carboxylic acid groups (broad SMARTS) is 1. The first-order valence-electron chi connectivity index (χ1n) is 19.3. The summed E-state index contributed by atoms with van der Waals surface area (Å²) in [5, 5.41) is 13.7. The molecule has 2 aromatic rings. The number of nitrogens with zero attached hydrogens (tertiary/aromatic N) is 3. The van der Waals surface area contributed by atoms with E-state index in [4.69, 9.17) is 9.47 Å². The van der Waals surface area contributed by atoms with E-state index in [9.17, 15) is 45.9 Å². The summed E-state index contributed by atoms with van der Waals surface area (Å²) < 4.78 is 83.8. The molecule has 0 bridgehead atoms. The van der Waals surface area contributed by atoms with Crippen molar-refractivity contribution in [3.8, 4) is 11.6 Å². The fourth-order valence-electron chi connectivity index (χ4n) is 8.12. The zero-order valence-corrected chi connectivity index (χ0v) is 33.4. The highest BCUT2D eigenvalue weighted by Gasteiger charge is 2.63. The van der Waals surface area contributed by atoms with E-state index in [1.165, 1.54) is 13.1 Å². The van der Waals surface area contributed by atoms with Crippen LogP contribution < -0.4 is 19.5 Å². The molecule has 2 saturated carbocycles. The van der Waals surface area contributed by atoms with Gasteiger partial charge in [-0.25, -0.2) is 18.2 Å². The van der Waals surface area contributed by atoms with E-state index in [0.29, 0.717) is 62.7 Å². The van der Waals surface area contributed by atoms with Gasteiger partial charge in [0, 0.05) is 23.9 Å².